The second kappa shape index (κ2) is 6.79. The predicted molar refractivity (Wildman–Crippen MR) is 112 cm³/mol. The van der Waals surface area contributed by atoms with Crippen molar-refractivity contribution in [2.24, 2.45) is 0 Å². The average molecular weight is 383 g/mol. The fourth-order valence-electron chi connectivity index (χ4n) is 3.66. The third kappa shape index (κ3) is 2.98. The minimum Gasteiger partial charge on any atom is -0.372 e. The van der Waals surface area contributed by atoms with E-state index in [9.17, 15) is 10.1 Å². The third-order valence-corrected chi connectivity index (χ3v) is 5.07. The molecule has 0 bridgehead atoms. The molecule has 4 aromatic rings. The highest BCUT2D eigenvalue weighted by Crippen LogP contribution is 2.43. The molecule has 3 N–H and O–H groups in total. The second-order valence-corrected chi connectivity index (χ2v) is 6.82. The summed E-state index contributed by atoms with van der Waals surface area (Å²) >= 11 is 0. The van der Waals surface area contributed by atoms with E-state index in [0.717, 1.165) is 39.6 Å². The van der Waals surface area contributed by atoms with Crippen molar-refractivity contribution in [3.05, 3.63) is 100 Å². The maximum Gasteiger partial charge on any atom is 0.269 e. The van der Waals surface area contributed by atoms with Gasteiger partial charge in [0.2, 0.25) is 0 Å². The summed E-state index contributed by atoms with van der Waals surface area (Å²) in [6, 6.07) is 24.3. The van der Waals surface area contributed by atoms with Crippen LogP contribution in [-0.4, -0.2) is 15.1 Å². The zero-order valence-corrected chi connectivity index (χ0v) is 15.3. The quantitative estimate of drug-likeness (QED) is 0.332. The third-order valence-electron chi connectivity index (χ3n) is 5.07. The van der Waals surface area contributed by atoms with E-state index in [0.29, 0.717) is 0 Å². The van der Waals surface area contributed by atoms with Gasteiger partial charge in [0.15, 0.2) is 5.82 Å². The number of nitro groups is 1. The Balaban J connectivity index is 1.69. The predicted octanol–water partition coefficient (Wildman–Crippen LogP) is 5.24. The number of hydrogen-bond acceptors (Lipinski definition) is 5. The molecule has 7 heteroatoms. The van der Waals surface area contributed by atoms with Gasteiger partial charge in [0.05, 0.1) is 28.0 Å². The van der Waals surface area contributed by atoms with Gasteiger partial charge in [-0.05, 0) is 35.4 Å². The van der Waals surface area contributed by atoms with Gasteiger partial charge in [0.25, 0.3) is 5.69 Å². The molecule has 0 aliphatic carbocycles. The van der Waals surface area contributed by atoms with E-state index in [1.165, 1.54) is 12.1 Å². The van der Waals surface area contributed by atoms with E-state index in [1.54, 1.807) is 12.1 Å². The molecule has 1 atom stereocenters. The monoisotopic (exact) mass is 383 g/mol. The lowest BCUT2D eigenvalue weighted by Crippen LogP contribution is -2.12. The highest BCUT2D eigenvalue weighted by Gasteiger charge is 2.29. The number of non-ortho nitro benzene ring substituents is 1. The van der Waals surface area contributed by atoms with Gasteiger partial charge in [-0.25, -0.2) is 0 Å². The number of benzene rings is 3. The van der Waals surface area contributed by atoms with E-state index >= 15 is 0 Å². The number of hydrogen-bond donors (Lipinski definition) is 3. The van der Waals surface area contributed by atoms with Crippen LogP contribution in [0.25, 0.3) is 11.3 Å². The van der Waals surface area contributed by atoms with Crippen LogP contribution in [0.3, 0.4) is 0 Å². The summed E-state index contributed by atoms with van der Waals surface area (Å²) in [4.78, 5) is 10.7. The van der Waals surface area contributed by atoms with Gasteiger partial charge in [-0.3, -0.25) is 15.2 Å². The van der Waals surface area contributed by atoms with Crippen molar-refractivity contribution in [3.8, 4) is 11.3 Å². The van der Waals surface area contributed by atoms with Crippen LogP contribution in [0, 0.1) is 10.1 Å². The van der Waals surface area contributed by atoms with Crippen molar-refractivity contribution in [1.82, 2.24) is 10.2 Å². The van der Waals surface area contributed by atoms with Gasteiger partial charge >= 0.3 is 0 Å². The zero-order chi connectivity index (χ0) is 19.8. The first kappa shape index (κ1) is 17.0. The molecule has 142 valence electrons. The molecule has 0 amide bonds. The Morgan fingerprint density at radius 1 is 0.862 bits per heavy atom. The molecule has 0 radical (unpaired) electrons. The normalized spacial score (nSPS) is 14.7. The number of nitro benzene ring substituents is 1. The van der Waals surface area contributed by atoms with Gasteiger partial charge in [-0.2, -0.15) is 5.10 Å². The summed E-state index contributed by atoms with van der Waals surface area (Å²) in [5.74, 6) is 0.727. The van der Waals surface area contributed by atoms with Crippen molar-refractivity contribution in [1.29, 1.82) is 0 Å². The van der Waals surface area contributed by atoms with Gasteiger partial charge in [0.1, 0.15) is 0 Å². The van der Waals surface area contributed by atoms with Crippen molar-refractivity contribution < 1.29 is 4.92 Å². The molecule has 0 saturated heterocycles. The molecule has 1 unspecified atom stereocenters. The summed E-state index contributed by atoms with van der Waals surface area (Å²) in [5.41, 5.74) is 5.71. The van der Waals surface area contributed by atoms with Gasteiger partial charge in [-0.1, -0.05) is 42.5 Å². The maximum absolute atomic E-state index is 11.1. The van der Waals surface area contributed by atoms with Gasteiger partial charge < -0.3 is 10.6 Å². The number of anilines is 3. The van der Waals surface area contributed by atoms with E-state index in [4.69, 9.17) is 0 Å². The lowest BCUT2D eigenvalue weighted by Gasteiger charge is -2.20. The first-order valence-electron chi connectivity index (χ1n) is 9.21. The lowest BCUT2D eigenvalue weighted by atomic mass is 9.95. The summed E-state index contributed by atoms with van der Waals surface area (Å²) in [7, 11) is 0. The molecule has 0 saturated carbocycles. The average Bonchev–Trinajstić information content (AvgIpc) is 3.09. The summed E-state index contributed by atoms with van der Waals surface area (Å²) < 4.78 is 0. The Bertz CT molecular complexity index is 1190. The fourth-order valence-corrected chi connectivity index (χ4v) is 3.66. The highest BCUT2D eigenvalue weighted by atomic mass is 16.6. The summed E-state index contributed by atoms with van der Waals surface area (Å²) in [5, 5.41) is 25.8. The number of fused-ring (bicyclic) bond motifs is 2. The first-order chi connectivity index (χ1) is 14.2. The van der Waals surface area contributed by atoms with Crippen molar-refractivity contribution >= 4 is 22.9 Å². The first-order valence-corrected chi connectivity index (χ1v) is 9.21. The molecule has 1 aliphatic heterocycles. The molecule has 29 heavy (non-hydrogen) atoms. The number of para-hydroxylation sites is 2. The van der Waals surface area contributed by atoms with Gasteiger partial charge in [-0.15, -0.1) is 0 Å². The van der Waals surface area contributed by atoms with Crippen LogP contribution in [0.2, 0.25) is 0 Å². The van der Waals surface area contributed by atoms with E-state index in [-0.39, 0.29) is 16.7 Å². The standard InChI is InChI=1S/C22H17N5O2/c28-27(29)16-12-10-15(11-13-16)20-19-21(14-6-2-1-3-7-14)25-26-22(19)24-18-9-5-4-8-17(18)23-20/h1-13,20,23H,(H2,24,25,26). The minimum absolute atomic E-state index is 0.0663. The molecular formula is C22H17N5O2. The summed E-state index contributed by atoms with van der Waals surface area (Å²) in [6.07, 6.45) is 0. The van der Waals surface area contributed by atoms with Crippen LogP contribution in [-0.2, 0) is 0 Å². The number of aromatic amines is 1. The van der Waals surface area contributed by atoms with E-state index < -0.39 is 0 Å². The molecule has 3 aromatic carbocycles. The molecule has 7 nitrogen and oxygen atoms in total. The molecule has 5 rings (SSSR count). The van der Waals surface area contributed by atoms with Crippen LogP contribution >= 0.6 is 0 Å². The second-order valence-electron chi connectivity index (χ2n) is 6.82. The Labute approximate surface area is 166 Å². The smallest absolute Gasteiger partial charge is 0.269 e. The summed E-state index contributed by atoms with van der Waals surface area (Å²) in [6.45, 7) is 0. The Hall–Kier alpha value is -4.13. The highest BCUT2D eigenvalue weighted by molar-refractivity contribution is 5.82. The van der Waals surface area contributed by atoms with Crippen LogP contribution in [0.4, 0.5) is 22.9 Å². The Morgan fingerprint density at radius 2 is 1.55 bits per heavy atom. The Morgan fingerprint density at radius 3 is 2.28 bits per heavy atom. The van der Waals surface area contributed by atoms with E-state index in [2.05, 4.69) is 20.8 Å². The number of rotatable bonds is 3. The number of H-pyrrole nitrogens is 1. The molecular weight excluding hydrogens is 366 g/mol. The molecule has 2 heterocycles. The fraction of sp³-hybridized carbons (Fsp3) is 0.0455. The topological polar surface area (TPSA) is 95.9 Å². The van der Waals surface area contributed by atoms with Crippen LogP contribution < -0.4 is 10.6 Å². The molecule has 0 fully saturated rings. The van der Waals surface area contributed by atoms with Crippen LogP contribution in [0.5, 0.6) is 0 Å². The Kier molecular flexibility index (Phi) is 3.98. The van der Waals surface area contributed by atoms with Crippen molar-refractivity contribution in [2.75, 3.05) is 10.6 Å². The number of nitrogens with zero attached hydrogens (tertiary/aromatic N) is 2. The molecule has 1 aliphatic rings. The largest absolute Gasteiger partial charge is 0.372 e. The SMILES string of the molecule is O=[N+]([O-])c1ccc(C2Nc3ccccc3Nc3n[nH]c(-c4ccccc4)c32)cc1. The lowest BCUT2D eigenvalue weighted by molar-refractivity contribution is -0.384. The van der Waals surface area contributed by atoms with Crippen LogP contribution in [0.1, 0.15) is 17.2 Å². The van der Waals surface area contributed by atoms with Crippen LogP contribution in [0.15, 0.2) is 78.9 Å². The van der Waals surface area contributed by atoms with E-state index in [1.807, 2.05) is 54.6 Å². The number of aromatic nitrogens is 2. The van der Waals surface area contributed by atoms with Gasteiger partial charge in [0, 0.05) is 17.7 Å². The zero-order valence-electron chi connectivity index (χ0n) is 15.3. The number of nitrogens with one attached hydrogen (secondary N) is 3. The van der Waals surface area contributed by atoms with Crippen molar-refractivity contribution in [2.45, 2.75) is 6.04 Å². The molecule has 0 spiro atoms. The van der Waals surface area contributed by atoms with Crippen molar-refractivity contribution in [3.63, 3.8) is 0 Å². The molecule has 1 aromatic heterocycles. The minimum atomic E-state index is -0.389. The maximum atomic E-state index is 11.1.